The molecule has 80 heavy (non-hydrogen) atoms. The van der Waals surface area contributed by atoms with Crippen LogP contribution in [-0.2, 0) is 31.7 Å². The molecule has 3 aromatic rings. The van der Waals surface area contributed by atoms with Crippen molar-refractivity contribution in [1.29, 1.82) is 0 Å². The number of nitrogens with two attached hydrogens (primary N) is 1. The number of hydrogen-bond acceptors (Lipinski definition) is 9. The first-order valence-electron chi connectivity index (χ1n) is 31.9. The summed E-state index contributed by atoms with van der Waals surface area (Å²) in [6.45, 7) is 7.19. The highest BCUT2D eigenvalue weighted by Gasteiger charge is 2.44. The maximum absolute atomic E-state index is 15.5. The highest BCUT2D eigenvalue weighted by molar-refractivity contribution is 7.51. The van der Waals surface area contributed by atoms with E-state index in [2.05, 4.69) is 48.0 Å². The van der Waals surface area contributed by atoms with E-state index in [4.69, 9.17) is 19.9 Å². The van der Waals surface area contributed by atoms with Gasteiger partial charge in [0, 0.05) is 44.6 Å². The van der Waals surface area contributed by atoms with E-state index in [0.29, 0.717) is 52.4 Å². The molecule has 0 spiro atoms. The Bertz CT molecular complexity index is 2160. The molecule has 14 nitrogen and oxygen atoms in total. The Morgan fingerprint density at radius 1 is 0.550 bits per heavy atom. The summed E-state index contributed by atoms with van der Waals surface area (Å²) in [5.41, 5.74) is 8.96. The van der Waals surface area contributed by atoms with Crippen LogP contribution in [0.1, 0.15) is 237 Å². The van der Waals surface area contributed by atoms with Crippen LogP contribution in [0.5, 0.6) is 0 Å². The van der Waals surface area contributed by atoms with Gasteiger partial charge in [0.1, 0.15) is 18.3 Å². The molecular formula is C65H109N6O8P. The van der Waals surface area contributed by atoms with Crippen molar-refractivity contribution in [2.45, 2.75) is 245 Å². The van der Waals surface area contributed by atoms with Gasteiger partial charge < -0.3 is 29.7 Å². The molecule has 2 aromatic carbocycles. The van der Waals surface area contributed by atoms with Gasteiger partial charge in [-0.2, -0.15) is 4.98 Å². The Balaban J connectivity index is 1.46. The number of urea groups is 1. The van der Waals surface area contributed by atoms with E-state index in [1.54, 1.807) is 4.90 Å². The van der Waals surface area contributed by atoms with Crippen molar-refractivity contribution in [3.8, 4) is 0 Å². The predicted octanol–water partition coefficient (Wildman–Crippen LogP) is 15.6. The highest BCUT2D eigenvalue weighted by atomic mass is 31.2. The zero-order valence-electron chi connectivity index (χ0n) is 50.0. The molecule has 0 aliphatic carbocycles. The molecule has 1 aliphatic rings. The summed E-state index contributed by atoms with van der Waals surface area (Å²) in [6.07, 6.45) is 42.3. The third kappa shape index (κ3) is 29.9. The summed E-state index contributed by atoms with van der Waals surface area (Å²) in [5, 5.41) is 1.45. The normalized spacial score (nSPS) is 14.1. The Morgan fingerprint density at radius 2 is 0.988 bits per heavy atom. The molecule has 4 rings (SSSR count). The molecule has 1 atom stereocenters. The number of benzene rings is 2. The number of unbranched alkanes of at least 4 members (excludes halogenated alkanes) is 30. The first-order chi connectivity index (χ1) is 39.1. The number of nitrogen functional groups attached to an aromatic ring is 1. The minimum atomic E-state index is -4.49. The van der Waals surface area contributed by atoms with Gasteiger partial charge in [-0.15, -0.1) is 0 Å². The lowest BCUT2D eigenvalue weighted by Crippen LogP contribution is -2.66. The summed E-state index contributed by atoms with van der Waals surface area (Å²) in [7, 11) is -4.49. The number of amides is 2. The van der Waals surface area contributed by atoms with E-state index in [0.717, 1.165) is 48.1 Å². The van der Waals surface area contributed by atoms with E-state index in [9.17, 15) is 19.1 Å². The number of rotatable bonds is 51. The van der Waals surface area contributed by atoms with Gasteiger partial charge in [-0.25, -0.2) is 19.3 Å². The second kappa shape index (κ2) is 43.8. The van der Waals surface area contributed by atoms with Crippen LogP contribution >= 0.6 is 7.60 Å². The van der Waals surface area contributed by atoms with E-state index in [-0.39, 0.29) is 19.0 Å². The lowest BCUT2D eigenvalue weighted by molar-refractivity contribution is 0.0733. The molecule has 452 valence electrons. The van der Waals surface area contributed by atoms with E-state index >= 15 is 4.79 Å². The van der Waals surface area contributed by atoms with Crippen molar-refractivity contribution in [2.75, 3.05) is 63.2 Å². The fourth-order valence-electron chi connectivity index (χ4n) is 11.0. The minimum absolute atomic E-state index is 0.0285. The summed E-state index contributed by atoms with van der Waals surface area (Å²) < 4.78 is 31.4. The smallest absolute Gasteiger partial charge is 0.368 e. The van der Waals surface area contributed by atoms with E-state index < -0.39 is 31.8 Å². The number of carbonyl (C=O) groups excluding carboxylic acids is 1. The van der Waals surface area contributed by atoms with E-state index in [1.807, 2.05) is 36.4 Å². The zero-order chi connectivity index (χ0) is 57.1. The second-order valence-electron chi connectivity index (χ2n) is 22.5. The van der Waals surface area contributed by atoms with Gasteiger partial charge in [-0.3, -0.25) is 14.4 Å². The predicted molar refractivity (Wildman–Crippen MR) is 329 cm³/mol. The summed E-state index contributed by atoms with van der Waals surface area (Å²) >= 11 is 0. The average molecular weight is 1130 g/mol. The highest BCUT2D eigenvalue weighted by Crippen LogP contribution is 2.35. The van der Waals surface area contributed by atoms with Crippen LogP contribution < -0.4 is 16.4 Å². The third-order valence-electron chi connectivity index (χ3n) is 15.5. The molecule has 0 radical (unpaired) electrons. The number of anilines is 1. The van der Waals surface area contributed by atoms with Gasteiger partial charge in [0.05, 0.1) is 26.4 Å². The maximum atomic E-state index is 15.5. The van der Waals surface area contributed by atoms with Crippen molar-refractivity contribution >= 4 is 19.4 Å². The van der Waals surface area contributed by atoms with Crippen molar-refractivity contribution in [3.05, 3.63) is 106 Å². The molecular weight excluding hydrogens is 1020 g/mol. The largest absolute Gasteiger partial charge is 0.383 e. The molecule has 0 saturated carbocycles. The average Bonchev–Trinajstić information content (AvgIpc) is 3.58. The molecule has 1 aromatic heterocycles. The number of carbonyl (C=O) groups is 1. The Hall–Kier alpha value is -3.88. The van der Waals surface area contributed by atoms with E-state index in [1.165, 1.54) is 202 Å². The summed E-state index contributed by atoms with van der Waals surface area (Å²) in [5.74, 6) is 0.0285. The van der Waals surface area contributed by atoms with Crippen LogP contribution in [0.4, 0.5) is 10.6 Å². The van der Waals surface area contributed by atoms with Crippen molar-refractivity contribution in [1.82, 2.24) is 19.5 Å². The third-order valence-corrected chi connectivity index (χ3v) is 16.0. The first-order valence-corrected chi connectivity index (χ1v) is 33.7. The summed E-state index contributed by atoms with van der Waals surface area (Å²) in [4.78, 5) is 56.7. The topological polar surface area (TPSA) is 173 Å². The number of nitrogens with zero attached hydrogens (tertiary/aromatic N) is 5. The molecule has 1 aliphatic heterocycles. The van der Waals surface area contributed by atoms with Crippen LogP contribution in [0, 0.1) is 0 Å². The molecule has 0 bridgehead atoms. The quantitative estimate of drug-likeness (QED) is 0.0363. The molecule has 2 amide bonds. The number of ether oxygens (including phenoxy) is 3. The number of hydrogen-bond donors (Lipinski definition) is 3. The van der Waals surface area contributed by atoms with Gasteiger partial charge in [0.2, 0.25) is 0 Å². The van der Waals surface area contributed by atoms with Crippen molar-refractivity contribution in [2.24, 2.45) is 0 Å². The van der Waals surface area contributed by atoms with Crippen LogP contribution in [0.2, 0.25) is 0 Å². The maximum Gasteiger partial charge on any atom is 0.368 e. The standard InChI is InChI=1S/C65H109N6O8P/c1-3-5-7-9-11-13-15-17-19-21-23-25-27-29-31-39-50-77-52-46-61-60(55-58-41-35-33-36-42-58)63(71(70-47-45-62(66)67-64(70)72)65(73)69(61)49-54-79-57-80(74,75)76)68(56-59-43-37-34-38-44-59)48-53-78-51-40-32-30-28-26-24-22-20-18-16-14-12-10-8-6-4-2/h33-38,41-45,47,63H,3-32,39-40,46,48-57H2,1-2H3,(H2,66,67,72)(H2,74,75,76). The van der Waals surface area contributed by atoms with Crippen LogP contribution in [0.3, 0.4) is 0 Å². The SMILES string of the molecule is CCCCCCCCCCCCCCCCCCOCCC1=C(Cc2ccccc2)C(N(CCOCCCCCCCCCCCCCCCCCC)Cc2ccccc2)N(n2ccc(N)nc2=O)C(=O)N1CCOCP(=O)(O)O. The molecule has 0 saturated heterocycles. The van der Waals surface area contributed by atoms with Gasteiger partial charge in [0.25, 0.3) is 0 Å². The Kier molecular flexibility index (Phi) is 37.5. The van der Waals surface area contributed by atoms with Crippen LogP contribution in [0.15, 0.2) is 89.0 Å². The summed E-state index contributed by atoms with van der Waals surface area (Å²) in [6, 6.07) is 21.2. The Morgan fingerprint density at radius 3 is 1.44 bits per heavy atom. The van der Waals surface area contributed by atoms with Crippen molar-refractivity contribution in [3.63, 3.8) is 0 Å². The van der Waals surface area contributed by atoms with Crippen molar-refractivity contribution < 1.29 is 33.4 Å². The number of aromatic nitrogens is 2. The van der Waals surface area contributed by atoms with Crippen LogP contribution in [0.25, 0.3) is 0 Å². The fraction of sp³-hybridized carbons (Fsp3) is 0.708. The second-order valence-corrected chi connectivity index (χ2v) is 24.1. The molecule has 0 fully saturated rings. The Labute approximate surface area is 484 Å². The van der Waals surface area contributed by atoms with Crippen LogP contribution in [-0.4, -0.2) is 93.9 Å². The molecule has 15 heteroatoms. The molecule has 4 N–H and O–H groups in total. The van der Waals surface area contributed by atoms with Gasteiger partial charge >= 0.3 is 19.3 Å². The molecule has 1 unspecified atom stereocenters. The van der Waals surface area contributed by atoms with Gasteiger partial charge in [-0.1, -0.05) is 267 Å². The lowest BCUT2D eigenvalue weighted by Gasteiger charge is -2.48. The monoisotopic (exact) mass is 1130 g/mol. The molecule has 2 heterocycles. The fourth-order valence-corrected chi connectivity index (χ4v) is 11.4. The lowest BCUT2D eigenvalue weighted by atomic mass is 9.95. The zero-order valence-corrected chi connectivity index (χ0v) is 50.9. The van der Waals surface area contributed by atoms with Gasteiger partial charge in [0.15, 0.2) is 0 Å². The minimum Gasteiger partial charge on any atom is -0.383 e. The van der Waals surface area contributed by atoms with Gasteiger partial charge in [-0.05, 0) is 42.0 Å². The first kappa shape index (κ1) is 68.6.